The Morgan fingerprint density at radius 1 is 1.19 bits per heavy atom. The summed E-state index contributed by atoms with van der Waals surface area (Å²) in [6.07, 6.45) is 0.935. The van der Waals surface area contributed by atoms with Crippen LogP contribution in [0, 0.1) is 22.2 Å². The predicted octanol–water partition coefficient (Wildman–Crippen LogP) is 6.54. The van der Waals surface area contributed by atoms with Crippen LogP contribution in [0.25, 0.3) is 5.70 Å². The minimum absolute atomic E-state index is 0.0190. The maximum atomic E-state index is 13.4. The minimum Gasteiger partial charge on any atom is -0.504 e. The molecule has 9 heteroatoms. The van der Waals surface area contributed by atoms with E-state index in [1.165, 1.54) is 19.2 Å². The molecule has 2 fully saturated rings. The van der Waals surface area contributed by atoms with Crippen LogP contribution in [0.15, 0.2) is 47.7 Å². The number of allylic oxidation sites excluding steroid dienone is 1. The highest BCUT2D eigenvalue weighted by Gasteiger charge is 2.55. The first-order valence-electron chi connectivity index (χ1n) is 12.2. The Balaban J connectivity index is 1.47. The molecule has 5 rings (SSSR count). The third-order valence-corrected chi connectivity index (χ3v) is 8.54. The van der Waals surface area contributed by atoms with Gasteiger partial charge in [0, 0.05) is 5.56 Å². The smallest absolute Gasteiger partial charge is 0.416 e. The van der Waals surface area contributed by atoms with Crippen molar-refractivity contribution in [3.8, 4) is 11.5 Å². The molecule has 0 saturated heterocycles. The number of nitrogens with zero attached hydrogens (tertiary/aromatic N) is 1. The van der Waals surface area contributed by atoms with Crippen LogP contribution in [0.5, 0.6) is 11.5 Å². The highest BCUT2D eigenvalue weighted by Crippen LogP contribution is 2.61. The van der Waals surface area contributed by atoms with Gasteiger partial charge in [-0.1, -0.05) is 36.4 Å². The lowest BCUT2D eigenvalue weighted by atomic mass is 9.56. The number of phenols is 1. The Kier molecular flexibility index (Phi) is 6.22. The SMILES string of the molecule is COc1cc2c(cc1O)C(NOCc1ccccc1C(F)(F)F)=C[C@@H]1[C@@H]2CC[C@]2(C)C(N=O)CC[C@@H]12. The van der Waals surface area contributed by atoms with Crippen molar-refractivity contribution < 1.29 is 27.9 Å². The maximum Gasteiger partial charge on any atom is 0.416 e. The van der Waals surface area contributed by atoms with Crippen LogP contribution in [0.1, 0.15) is 60.8 Å². The molecule has 192 valence electrons. The van der Waals surface area contributed by atoms with Crippen LogP contribution in [0.4, 0.5) is 13.2 Å². The lowest BCUT2D eigenvalue weighted by molar-refractivity contribution is -0.139. The van der Waals surface area contributed by atoms with E-state index < -0.39 is 11.7 Å². The molecule has 36 heavy (non-hydrogen) atoms. The molecule has 2 aromatic rings. The fourth-order valence-corrected chi connectivity index (χ4v) is 6.71. The molecular formula is C27H29F3N2O4. The normalized spacial score (nSPS) is 29.0. The van der Waals surface area contributed by atoms with Crippen molar-refractivity contribution in [1.82, 2.24) is 5.48 Å². The summed E-state index contributed by atoms with van der Waals surface area (Å²) >= 11 is 0. The first-order valence-corrected chi connectivity index (χ1v) is 12.2. The highest BCUT2D eigenvalue weighted by molar-refractivity contribution is 5.72. The molecule has 3 aliphatic carbocycles. The first-order chi connectivity index (χ1) is 17.2. The Labute approximate surface area is 207 Å². The van der Waals surface area contributed by atoms with Crippen LogP contribution in [-0.4, -0.2) is 18.3 Å². The molecule has 0 heterocycles. The predicted molar refractivity (Wildman–Crippen MR) is 128 cm³/mol. The Morgan fingerprint density at radius 2 is 1.97 bits per heavy atom. The molecule has 5 atom stereocenters. The van der Waals surface area contributed by atoms with E-state index in [0.29, 0.717) is 11.4 Å². The van der Waals surface area contributed by atoms with Crippen molar-refractivity contribution in [2.75, 3.05) is 7.11 Å². The number of alkyl halides is 3. The van der Waals surface area contributed by atoms with E-state index in [4.69, 9.17) is 9.57 Å². The standard InChI is InChI=1S/C27H29F3N2O4/c1-26-10-9-16-17-13-24(35-2)23(33)12-19(17)22(11-18(16)21(26)7-8-25(26)31-34)32-36-14-15-5-3-4-6-20(15)27(28,29)30/h3-6,11-13,16,18,21,25,32-33H,7-10,14H2,1-2H3/t16-,18-,21+,25?,26+/m1/s1. The monoisotopic (exact) mass is 502 g/mol. The van der Waals surface area contributed by atoms with Gasteiger partial charge in [-0.15, -0.1) is 0 Å². The molecule has 2 saturated carbocycles. The van der Waals surface area contributed by atoms with Gasteiger partial charge in [0.05, 0.1) is 24.4 Å². The molecule has 2 N–H and O–H groups in total. The summed E-state index contributed by atoms with van der Waals surface area (Å²) in [4.78, 5) is 17.2. The number of methoxy groups -OCH3 is 1. The lowest BCUT2D eigenvalue weighted by Gasteiger charge is -2.48. The zero-order valence-electron chi connectivity index (χ0n) is 20.1. The zero-order valence-corrected chi connectivity index (χ0v) is 20.1. The van der Waals surface area contributed by atoms with Gasteiger partial charge in [-0.3, -0.25) is 10.3 Å². The molecule has 2 aromatic carbocycles. The quantitative estimate of drug-likeness (QED) is 0.346. The van der Waals surface area contributed by atoms with E-state index in [0.717, 1.165) is 42.9 Å². The first kappa shape index (κ1) is 24.6. The van der Waals surface area contributed by atoms with Crippen LogP contribution >= 0.6 is 0 Å². The second kappa shape index (κ2) is 9.10. The van der Waals surface area contributed by atoms with E-state index in [1.807, 2.05) is 6.07 Å². The number of rotatable bonds is 6. The lowest BCUT2D eigenvalue weighted by Crippen LogP contribution is -2.42. The molecule has 6 nitrogen and oxygen atoms in total. The van der Waals surface area contributed by atoms with Gasteiger partial charge in [0.2, 0.25) is 0 Å². The van der Waals surface area contributed by atoms with Gasteiger partial charge < -0.3 is 9.84 Å². The van der Waals surface area contributed by atoms with Gasteiger partial charge >= 0.3 is 6.18 Å². The molecule has 0 bridgehead atoms. The number of nitrogens with one attached hydrogen (secondary N) is 1. The largest absolute Gasteiger partial charge is 0.504 e. The number of hydroxylamine groups is 1. The molecule has 0 aliphatic heterocycles. The molecule has 3 aliphatic rings. The summed E-state index contributed by atoms with van der Waals surface area (Å²) < 4.78 is 45.5. The Hall–Kier alpha value is -3.07. The van der Waals surface area contributed by atoms with Crippen molar-refractivity contribution in [2.45, 2.75) is 57.3 Å². The number of hydrogen-bond donors (Lipinski definition) is 2. The molecule has 0 radical (unpaired) electrons. The van der Waals surface area contributed by atoms with Gasteiger partial charge in [-0.05, 0) is 78.2 Å². The number of ether oxygens (including phenoxy) is 1. The number of phenolic OH excluding ortho intramolecular Hbond substituents is 1. The summed E-state index contributed by atoms with van der Waals surface area (Å²) in [5.41, 5.74) is 4.26. The van der Waals surface area contributed by atoms with Crippen molar-refractivity contribution in [3.05, 3.63) is 69.6 Å². The summed E-state index contributed by atoms with van der Waals surface area (Å²) in [5.74, 6) is 0.812. The zero-order chi connectivity index (χ0) is 25.7. The Morgan fingerprint density at radius 3 is 2.69 bits per heavy atom. The van der Waals surface area contributed by atoms with E-state index in [2.05, 4.69) is 23.7 Å². The van der Waals surface area contributed by atoms with Gasteiger partial charge in [0.15, 0.2) is 11.5 Å². The second-order valence-electron chi connectivity index (χ2n) is 10.3. The van der Waals surface area contributed by atoms with Crippen molar-refractivity contribution in [3.63, 3.8) is 0 Å². The molecule has 0 aromatic heterocycles. The van der Waals surface area contributed by atoms with Crippen LogP contribution in [0.2, 0.25) is 0 Å². The van der Waals surface area contributed by atoms with Crippen molar-refractivity contribution in [2.24, 2.45) is 22.4 Å². The van der Waals surface area contributed by atoms with Crippen molar-refractivity contribution >= 4 is 5.70 Å². The van der Waals surface area contributed by atoms with E-state index >= 15 is 0 Å². The molecule has 0 amide bonds. The molecular weight excluding hydrogens is 473 g/mol. The topological polar surface area (TPSA) is 80.2 Å². The summed E-state index contributed by atoms with van der Waals surface area (Å²) in [7, 11) is 1.49. The fourth-order valence-electron chi connectivity index (χ4n) is 6.71. The number of fused-ring (bicyclic) bond motifs is 5. The van der Waals surface area contributed by atoms with Gasteiger partial charge in [0.25, 0.3) is 0 Å². The van der Waals surface area contributed by atoms with E-state index in [-0.39, 0.29) is 47.1 Å². The number of hydrogen-bond acceptors (Lipinski definition) is 6. The number of nitroso groups, excluding NO2 is 1. The van der Waals surface area contributed by atoms with Crippen LogP contribution in [-0.2, 0) is 17.6 Å². The average Bonchev–Trinajstić information content (AvgIpc) is 3.20. The average molecular weight is 503 g/mol. The second-order valence-corrected chi connectivity index (χ2v) is 10.3. The van der Waals surface area contributed by atoms with Gasteiger partial charge in [0.1, 0.15) is 6.61 Å². The maximum absolute atomic E-state index is 13.4. The summed E-state index contributed by atoms with van der Waals surface area (Å²) in [6.45, 7) is 1.85. The number of halogens is 3. The van der Waals surface area contributed by atoms with Crippen LogP contribution in [0.3, 0.4) is 0 Å². The number of aromatic hydroxyl groups is 1. The van der Waals surface area contributed by atoms with E-state index in [1.54, 1.807) is 12.1 Å². The van der Waals surface area contributed by atoms with Crippen LogP contribution < -0.4 is 10.2 Å². The molecule has 0 spiro atoms. The highest BCUT2D eigenvalue weighted by atomic mass is 19.4. The Bertz CT molecular complexity index is 1200. The number of benzene rings is 2. The fraction of sp³-hybridized carbons (Fsp3) is 0.481. The molecule has 1 unspecified atom stereocenters. The third kappa shape index (κ3) is 4.03. The van der Waals surface area contributed by atoms with E-state index in [9.17, 15) is 23.2 Å². The minimum atomic E-state index is -4.48. The summed E-state index contributed by atoms with van der Waals surface area (Å²) in [5, 5.41) is 13.9. The van der Waals surface area contributed by atoms with Gasteiger partial charge in [-0.25, -0.2) is 0 Å². The summed E-state index contributed by atoms with van der Waals surface area (Å²) in [6, 6.07) is 8.52. The van der Waals surface area contributed by atoms with Gasteiger partial charge in [-0.2, -0.15) is 18.1 Å². The van der Waals surface area contributed by atoms with Crippen molar-refractivity contribution in [1.29, 1.82) is 0 Å². The third-order valence-electron chi connectivity index (χ3n) is 8.54.